The molecule has 4 aliphatic rings. The van der Waals surface area contributed by atoms with Crippen molar-refractivity contribution in [2.75, 3.05) is 0 Å². The predicted octanol–water partition coefficient (Wildman–Crippen LogP) is 3.93. The summed E-state index contributed by atoms with van der Waals surface area (Å²) >= 11 is 0. The third-order valence-electron chi connectivity index (χ3n) is 6.54. The number of ether oxygens (including phenoxy) is 1. The van der Waals surface area contributed by atoms with Crippen molar-refractivity contribution in [3.8, 4) is 0 Å². The quantitative estimate of drug-likeness (QED) is 0.748. The smallest absolute Gasteiger partial charge is 0.442 e. The van der Waals surface area contributed by atoms with Crippen LogP contribution in [-0.4, -0.2) is 39.8 Å². The average Bonchev–Trinajstić information content (AvgIpc) is 2.88. The highest BCUT2D eigenvalue weighted by Gasteiger charge is 2.77. The summed E-state index contributed by atoms with van der Waals surface area (Å²) in [5.41, 5.74) is -0.0735. The molecule has 0 amide bonds. The first-order valence-corrected chi connectivity index (χ1v) is 9.43. The van der Waals surface area contributed by atoms with Crippen LogP contribution in [-0.2, 0) is 19.5 Å². The summed E-state index contributed by atoms with van der Waals surface area (Å²) in [5.74, 6) is 0. The van der Waals surface area contributed by atoms with Crippen LogP contribution in [0.4, 0.5) is 4.79 Å². The van der Waals surface area contributed by atoms with Crippen LogP contribution in [0.15, 0.2) is 12.3 Å². The maximum atomic E-state index is 12.2. The van der Waals surface area contributed by atoms with Crippen LogP contribution in [0.5, 0.6) is 0 Å². The van der Waals surface area contributed by atoms with Crippen molar-refractivity contribution in [3.05, 3.63) is 18.0 Å². The SMILES string of the molecule is CC(C)(C)OC(=O)n1ccc(C23CC(B4OC(C)(C)C(C)(C)O4)(C2)C3)n1. The van der Waals surface area contributed by atoms with Crippen molar-refractivity contribution >= 4 is 13.2 Å². The summed E-state index contributed by atoms with van der Waals surface area (Å²) in [6.07, 6.45) is 4.27. The Labute approximate surface area is 155 Å². The number of hydrogen-bond acceptors (Lipinski definition) is 5. The van der Waals surface area contributed by atoms with Crippen LogP contribution in [0.1, 0.15) is 73.4 Å². The fraction of sp³-hybridized carbons (Fsp3) is 0.789. The first kappa shape index (κ1) is 18.0. The van der Waals surface area contributed by atoms with E-state index >= 15 is 0 Å². The zero-order valence-electron chi connectivity index (χ0n) is 16.9. The minimum Gasteiger partial charge on any atom is -0.442 e. The molecule has 3 saturated carbocycles. The number of nitrogens with zero attached hydrogens (tertiary/aromatic N) is 2. The van der Waals surface area contributed by atoms with Crippen molar-refractivity contribution in [2.24, 2.45) is 0 Å². The molecule has 1 aliphatic heterocycles. The fourth-order valence-electron chi connectivity index (χ4n) is 4.50. The van der Waals surface area contributed by atoms with Crippen molar-refractivity contribution in [1.82, 2.24) is 9.78 Å². The lowest BCUT2D eigenvalue weighted by molar-refractivity contribution is -0.0418. The number of hydrogen-bond donors (Lipinski definition) is 0. The standard InChI is InChI=1S/C19H29BN2O4/c1-15(2,3)24-14(23)22-9-8-13(21-22)18-10-19(11-18,12-18)20-25-16(4,5)17(6,7)26-20/h8-9H,10-12H2,1-7H3. The lowest BCUT2D eigenvalue weighted by Crippen LogP contribution is -2.66. The van der Waals surface area contributed by atoms with Gasteiger partial charge in [0.2, 0.25) is 0 Å². The van der Waals surface area contributed by atoms with Gasteiger partial charge in [-0.3, -0.25) is 0 Å². The molecule has 0 radical (unpaired) electrons. The molecule has 7 heteroatoms. The Morgan fingerprint density at radius 2 is 1.69 bits per heavy atom. The number of aromatic nitrogens is 2. The van der Waals surface area contributed by atoms with E-state index in [1.54, 1.807) is 6.20 Å². The summed E-state index contributed by atoms with van der Waals surface area (Å²) in [7, 11) is -0.151. The van der Waals surface area contributed by atoms with Gasteiger partial charge in [0.15, 0.2) is 0 Å². The molecule has 1 aromatic rings. The molecule has 2 heterocycles. The fourth-order valence-corrected chi connectivity index (χ4v) is 4.50. The molecule has 142 valence electrons. The minimum absolute atomic E-state index is 0.0663. The van der Waals surface area contributed by atoms with Gasteiger partial charge in [0, 0.05) is 16.9 Å². The van der Waals surface area contributed by atoms with Crippen molar-refractivity contribution in [2.45, 2.75) is 95.3 Å². The molecule has 4 fully saturated rings. The van der Waals surface area contributed by atoms with Crippen LogP contribution >= 0.6 is 0 Å². The molecular weight excluding hydrogens is 331 g/mol. The second-order valence-corrected chi connectivity index (χ2v) is 10.4. The molecule has 0 atom stereocenters. The third-order valence-corrected chi connectivity index (χ3v) is 6.54. The molecule has 0 aromatic carbocycles. The van der Waals surface area contributed by atoms with E-state index in [-0.39, 0.29) is 29.0 Å². The van der Waals surface area contributed by atoms with E-state index in [9.17, 15) is 4.79 Å². The van der Waals surface area contributed by atoms with Gasteiger partial charge in [-0.2, -0.15) is 9.78 Å². The van der Waals surface area contributed by atoms with Gasteiger partial charge in [0.05, 0.1) is 16.9 Å². The Morgan fingerprint density at radius 1 is 1.15 bits per heavy atom. The molecule has 2 bridgehead atoms. The van der Waals surface area contributed by atoms with Crippen LogP contribution in [0.3, 0.4) is 0 Å². The molecule has 26 heavy (non-hydrogen) atoms. The largest absolute Gasteiger partial charge is 0.464 e. The van der Waals surface area contributed by atoms with Gasteiger partial charge in [0.25, 0.3) is 0 Å². The molecule has 1 saturated heterocycles. The lowest BCUT2D eigenvalue weighted by Gasteiger charge is -2.70. The van der Waals surface area contributed by atoms with Gasteiger partial charge < -0.3 is 14.0 Å². The van der Waals surface area contributed by atoms with Gasteiger partial charge in [0.1, 0.15) is 5.60 Å². The number of carbonyl (C=O) groups excluding carboxylic acids is 1. The van der Waals surface area contributed by atoms with Gasteiger partial charge in [-0.05, 0) is 73.8 Å². The van der Waals surface area contributed by atoms with Crippen LogP contribution in [0.2, 0.25) is 5.31 Å². The number of rotatable bonds is 2. The zero-order valence-corrected chi connectivity index (χ0v) is 16.9. The minimum atomic E-state index is -0.527. The highest BCUT2D eigenvalue weighted by molar-refractivity contribution is 6.51. The van der Waals surface area contributed by atoms with Gasteiger partial charge in [-0.25, -0.2) is 4.79 Å². The van der Waals surface area contributed by atoms with E-state index in [1.165, 1.54) is 4.68 Å². The Kier molecular flexibility index (Phi) is 3.42. The monoisotopic (exact) mass is 360 g/mol. The van der Waals surface area contributed by atoms with Crippen LogP contribution in [0, 0.1) is 0 Å². The molecule has 0 unspecified atom stereocenters. The summed E-state index contributed by atoms with van der Waals surface area (Å²) in [4.78, 5) is 12.2. The third kappa shape index (κ3) is 2.47. The normalized spacial score (nSPS) is 34.2. The van der Waals surface area contributed by atoms with Crippen molar-refractivity contribution in [1.29, 1.82) is 0 Å². The molecule has 3 aliphatic carbocycles. The Balaban J connectivity index is 1.43. The van der Waals surface area contributed by atoms with Gasteiger partial charge in [-0.1, -0.05) is 0 Å². The van der Waals surface area contributed by atoms with Crippen molar-refractivity contribution < 1.29 is 18.8 Å². The Bertz CT molecular complexity index is 726. The summed E-state index contributed by atoms with van der Waals surface area (Å²) < 4.78 is 19.2. The molecule has 0 N–H and O–H groups in total. The van der Waals surface area contributed by atoms with E-state index in [1.807, 2.05) is 26.8 Å². The van der Waals surface area contributed by atoms with E-state index in [0.29, 0.717) is 0 Å². The molecular formula is C19H29BN2O4. The maximum absolute atomic E-state index is 12.2. The molecule has 6 nitrogen and oxygen atoms in total. The zero-order chi connectivity index (χ0) is 19.2. The van der Waals surface area contributed by atoms with Gasteiger partial charge in [-0.15, -0.1) is 0 Å². The summed E-state index contributed by atoms with van der Waals surface area (Å²) in [6, 6.07) is 1.94. The molecule has 0 spiro atoms. The second kappa shape index (κ2) is 4.93. The van der Waals surface area contributed by atoms with E-state index < -0.39 is 11.7 Å². The average molecular weight is 360 g/mol. The maximum Gasteiger partial charge on any atom is 0.464 e. The van der Waals surface area contributed by atoms with Gasteiger partial charge >= 0.3 is 13.2 Å². The Morgan fingerprint density at radius 3 is 2.19 bits per heavy atom. The van der Waals surface area contributed by atoms with E-state index in [0.717, 1.165) is 25.0 Å². The first-order chi connectivity index (χ1) is 11.8. The molecule has 5 rings (SSSR count). The van der Waals surface area contributed by atoms with Crippen LogP contribution in [0.25, 0.3) is 0 Å². The van der Waals surface area contributed by atoms with Crippen LogP contribution < -0.4 is 0 Å². The second-order valence-electron chi connectivity index (χ2n) is 10.4. The van der Waals surface area contributed by atoms with E-state index in [4.69, 9.17) is 14.0 Å². The molecule has 1 aromatic heterocycles. The van der Waals surface area contributed by atoms with E-state index in [2.05, 4.69) is 32.8 Å². The predicted molar refractivity (Wildman–Crippen MR) is 98.2 cm³/mol. The number of carbonyl (C=O) groups is 1. The summed E-state index contributed by atoms with van der Waals surface area (Å²) in [5, 5.41) is 4.60. The lowest BCUT2D eigenvalue weighted by atomic mass is 9.23. The first-order valence-electron chi connectivity index (χ1n) is 9.43. The highest BCUT2D eigenvalue weighted by Crippen LogP contribution is 2.80. The van der Waals surface area contributed by atoms with Crippen molar-refractivity contribution in [3.63, 3.8) is 0 Å². The summed E-state index contributed by atoms with van der Waals surface area (Å²) in [6.45, 7) is 13.9. The topological polar surface area (TPSA) is 62.6 Å². The Hall–Kier alpha value is -1.34. The highest BCUT2D eigenvalue weighted by atomic mass is 16.7.